The van der Waals surface area contributed by atoms with Gasteiger partial charge in [-0.15, -0.1) is 24.0 Å². The molecule has 0 atom stereocenters. The molecule has 3 rings (SSSR count). The Bertz CT molecular complexity index is 1350. The van der Waals surface area contributed by atoms with Gasteiger partial charge in [-0.1, -0.05) is 23.2 Å². The van der Waals surface area contributed by atoms with Crippen molar-refractivity contribution in [2.75, 3.05) is 5.32 Å². The predicted molar refractivity (Wildman–Crippen MR) is 122 cm³/mol. The normalized spacial score (nSPS) is 10.9. The fourth-order valence-corrected chi connectivity index (χ4v) is 4.21. The van der Waals surface area contributed by atoms with Crippen LogP contribution in [0.1, 0.15) is 12.0 Å². The van der Waals surface area contributed by atoms with Gasteiger partial charge in [0, 0.05) is 25.0 Å². The van der Waals surface area contributed by atoms with Gasteiger partial charge in [0.2, 0.25) is 5.91 Å². The van der Waals surface area contributed by atoms with Gasteiger partial charge in [-0.3, -0.25) is 18.7 Å². The van der Waals surface area contributed by atoms with Crippen molar-refractivity contribution in [2.24, 2.45) is 14.1 Å². The molecule has 0 spiro atoms. The molecule has 0 saturated carbocycles. The van der Waals surface area contributed by atoms with Gasteiger partial charge in [0.05, 0.1) is 38.5 Å². The fourth-order valence-electron chi connectivity index (χ4n) is 2.68. The van der Waals surface area contributed by atoms with E-state index in [9.17, 15) is 18.8 Å². The minimum Gasteiger partial charge on any atom is -0.304 e. The summed E-state index contributed by atoms with van der Waals surface area (Å²) >= 11 is 17.0. The third-order valence-electron chi connectivity index (χ3n) is 4.31. The molecule has 0 saturated heterocycles. The highest BCUT2D eigenvalue weighted by molar-refractivity contribution is 7.80. The van der Waals surface area contributed by atoms with Gasteiger partial charge in [0.25, 0.3) is 5.56 Å². The molecule has 8 nitrogen and oxygen atoms in total. The number of hydrogen-bond acceptors (Lipinski definition) is 7. The van der Waals surface area contributed by atoms with Crippen LogP contribution >= 0.6 is 47.2 Å². The Hall–Kier alpha value is -2.47. The highest BCUT2D eigenvalue weighted by Gasteiger charge is 2.20. The molecule has 2 N–H and O–H groups in total. The zero-order chi connectivity index (χ0) is 23.0. The first-order valence-corrected chi connectivity index (χ1v) is 10.6. The molecule has 0 bridgehead atoms. The third-order valence-corrected chi connectivity index (χ3v) is 6.19. The van der Waals surface area contributed by atoms with Crippen molar-refractivity contribution in [3.05, 3.63) is 59.8 Å². The molecule has 13 heteroatoms. The number of carbonyl (C=O) groups is 1. The van der Waals surface area contributed by atoms with Crippen LogP contribution in [-0.2, 0) is 18.9 Å². The lowest BCUT2D eigenvalue weighted by Gasteiger charge is -2.11. The maximum absolute atomic E-state index is 13.8. The van der Waals surface area contributed by atoms with Crippen molar-refractivity contribution in [3.63, 3.8) is 0 Å². The lowest BCUT2D eigenvalue weighted by molar-refractivity contribution is -0.115. The zero-order valence-corrected chi connectivity index (χ0v) is 19.2. The quantitative estimate of drug-likeness (QED) is 0.215. The number of thiol groups is 1. The van der Waals surface area contributed by atoms with Gasteiger partial charge in [-0.25, -0.2) is 14.2 Å². The van der Waals surface area contributed by atoms with Crippen molar-refractivity contribution in [2.45, 2.75) is 11.4 Å². The average Bonchev–Trinajstić information content (AvgIpc) is 3.15. The number of rotatable bonds is 5. The van der Waals surface area contributed by atoms with Crippen LogP contribution < -0.4 is 16.6 Å². The van der Waals surface area contributed by atoms with Crippen LogP contribution in [0.4, 0.5) is 9.52 Å². The zero-order valence-electron chi connectivity index (χ0n) is 16.0. The number of halogens is 3. The van der Waals surface area contributed by atoms with Crippen molar-refractivity contribution in [1.82, 2.24) is 14.1 Å². The molecule has 0 aliphatic rings. The molecule has 162 valence electrons. The second-order valence-corrected chi connectivity index (χ2v) is 8.49. The van der Waals surface area contributed by atoms with E-state index in [0.717, 1.165) is 26.5 Å². The Balaban J connectivity index is 1.79. The topological polar surface area (TPSA) is 110 Å². The van der Waals surface area contributed by atoms with Gasteiger partial charge < -0.3 is 10.7 Å². The molecular formula is C18H14Cl2FN5O3S2. The van der Waals surface area contributed by atoms with Crippen LogP contribution in [0.25, 0.3) is 11.3 Å². The van der Waals surface area contributed by atoms with Crippen molar-refractivity contribution < 1.29 is 9.18 Å². The summed E-state index contributed by atoms with van der Waals surface area (Å²) in [6, 6.07) is 2.40. The van der Waals surface area contributed by atoms with Gasteiger partial charge in [0.1, 0.15) is 5.82 Å². The molecule has 0 aliphatic carbocycles. The van der Waals surface area contributed by atoms with E-state index >= 15 is 0 Å². The predicted octanol–water partition coefficient (Wildman–Crippen LogP) is 3.34. The molecule has 0 aliphatic heterocycles. The van der Waals surface area contributed by atoms with E-state index < -0.39 is 29.4 Å². The summed E-state index contributed by atoms with van der Waals surface area (Å²) < 4.78 is 15.7. The number of anilines is 1. The largest absolute Gasteiger partial charge is 0.331 e. The molecule has 2 aromatic heterocycles. The first-order chi connectivity index (χ1) is 14.5. The highest BCUT2D eigenvalue weighted by atomic mass is 35.5. The second-order valence-electron chi connectivity index (χ2n) is 6.39. The second kappa shape index (κ2) is 8.95. The molecule has 1 amide bonds. The summed E-state index contributed by atoms with van der Waals surface area (Å²) in [5.74, 6) is -1.27. The lowest BCUT2D eigenvalue weighted by Crippen LogP contribution is -2.41. The number of benzene rings is 1. The summed E-state index contributed by atoms with van der Waals surface area (Å²) in [6.07, 6.45) is -0.452. The number of aromatic nitrogens is 3. The molecule has 0 radical (unpaired) electrons. The standard InChI is InChI=1S/C18H14Cl2FN5O3S2/c1-25-15(28)14(16(30)26(2)18(25)29)11(22)5-13(27)24-17-23-12(6-31-17)7-3-10(21)9(20)4-8(7)19/h3-4,6,22,30H,5H2,1-2H3,(H,23,24,27). The number of carbonyl (C=O) groups excluding carboxylic acids is 1. The van der Waals surface area contributed by atoms with Gasteiger partial charge in [0.15, 0.2) is 5.13 Å². The van der Waals surface area contributed by atoms with Gasteiger partial charge in [-0.2, -0.15) is 0 Å². The smallest absolute Gasteiger partial charge is 0.304 e. The summed E-state index contributed by atoms with van der Waals surface area (Å²) in [5, 5.41) is 12.5. The fraction of sp³-hybridized carbons (Fsp3) is 0.167. The lowest BCUT2D eigenvalue weighted by atomic mass is 10.1. The number of amides is 1. The summed E-state index contributed by atoms with van der Waals surface area (Å²) in [4.78, 5) is 40.8. The SMILES string of the molecule is Cn1c(S)c(C(=N)CC(=O)Nc2nc(-c3cc(F)c(Cl)cc3Cl)cs2)c(=O)n(C)c1=O. The maximum atomic E-state index is 13.8. The first-order valence-electron chi connectivity index (χ1n) is 8.48. The first kappa shape index (κ1) is 23.2. The van der Waals surface area contributed by atoms with Crippen LogP contribution in [0.3, 0.4) is 0 Å². The van der Waals surface area contributed by atoms with E-state index in [2.05, 4.69) is 22.9 Å². The van der Waals surface area contributed by atoms with E-state index in [-0.39, 0.29) is 31.5 Å². The number of hydrogen-bond donors (Lipinski definition) is 3. The molecule has 3 aromatic rings. The van der Waals surface area contributed by atoms with E-state index in [1.54, 1.807) is 5.38 Å². The molecule has 0 unspecified atom stereocenters. The number of nitrogens with one attached hydrogen (secondary N) is 2. The minimum absolute atomic E-state index is 0.0122. The van der Waals surface area contributed by atoms with Crippen molar-refractivity contribution in [3.8, 4) is 11.3 Å². The molecule has 31 heavy (non-hydrogen) atoms. The van der Waals surface area contributed by atoms with Crippen LogP contribution in [0.2, 0.25) is 10.0 Å². The minimum atomic E-state index is -0.721. The van der Waals surface area contributed by atoms with Gasteiger partial charge >= 0.3 is 5.69 Å². The van der Waals surface area contributed by atoms with Crippen LogP contribution in [0.15, 0.2) is 32.1 Å². The molecular weight excluding hydrogens is 488 g/mol. The summed E-state index contributed by atoms with van der Waals surface area (Å²) in [6.45, 7) is 0. The van der Waals surface area contributed by atoms with Crippen LogP contribution in [0.5, 0.6) is 0 Å². The Morgan fingerprint density at radius 3 is 2.61 bits per heavy atom. The Kier molecular flexibility index (Phi) is 6.70. The highest BCUT2D eigenvalue weighted by Crippen LogP contribution is 2.34. The molecule has 1 aromatic carbocycles. The molecule has 0 fully saturated rings. The summed E-state index contributed by atoms with van der Waals surface area (Å²) in [5.41, 5.74) is -1.13. The van der Waals surface area contributed by atoms with Gasteiger partial charge in [-0.05, 0) is 12.1 Å². The maximum Gasteiger partial charge on any atom is 0.331 e. The van der Waals surface area contributed by atoms with E-state index in [1.165, 1.54) is 20.2 Å². The third kappa shape index (κ3) is 4.59. The number of nitrogens with zero attached hydrogens (tertiary/aromatic N) is 3. The van der Waals surface area contributed by atoms with Crippen LogP contribution in [0, 0.1) is 11.2 Å². The van der Waals surface area contributed by atoms with E-state index in [4.69, 9.17) is 28.6 Å². The van der Waals surface area contributed by atoms with Crippen LogP contribution in [-0.4, -0.2) is 25.7 Å². The van der Waals surface area contributed by atoms with E-state index in [0.29, 0.717) is 11.3 Å². The Morgan fingerprint density at radius 1 is 1.26 bits per heavy atom. The average molecular weight is 502 g/mol. The van der Waals surface area contributed by atoms with E-state index in [1.807, 2.05) is 0 Å². The Morgan fingerprint density at radius 2 is 1.94 bits per heavy atom. The van der Waals surface area contributed by atoms with Crippen molar-refractivity contribution in [1.29, 1.82) is 5.41 Å². The van der Waals surface area contributed by atoms with Crippen molar-refractivity contribution >= 4 is 63.9 Å². The summed E-state index contributed by atoms with van der Waals surface area (Å²) in [7, 11) is 2.68. The monoisotopic (exact) mass is 501 g/mol. The molecule has 2 heterocycles. The number of thiazole rings is 1. The Labute approximate surface area is 194 Å².